The zero-order valence-electron chi connectivity index (χ0n) is 7.79. The number of nitrogens with one attached hydrogen (secondary N) is 1. The average Bonchev–Trinajstić information content (AvgIpc) is 2.49. The summed E-state index contributed by atoms with van der Waals surface area (Å²) in [5.74, 6) is 0. The first kappa shape index (κ1) is 8.51. The molecule has 2 aromatic rings. The van der Waals surface area contributed by atoms with Crippen LogP contribution in [0.15, 0.2) is 18.2 Å². The van der Waals surface area contributed by atoms with Crippen molar-refractivity contribution in [1.29, 1.82) is 0 Å². The Morgan fingerprint density at radius 1 is 1.46 bits per heavy atom. The van der Waals surface area contributed by atoms with E-state index in [1.165, 1.54) is 27.5 Å². The van der Waals surface area contributed by atoms with Crippen LogP contribution in [0.4, 0.5) is 5.00 Å². The Labute approximate surface area is 81.8 Å². The number of hydrogen-bond donors (Lipinski definition) is 1. The van der Waals surface area contributed by atoms with Crippen LogP contribution < -0.4 is 5.32 Å². The molecule has 1 N–H and O–H groups in total. The number of aryl methyl sites for hydroxylation is 1. The Morgan fingerprint density at radius 2 is 2.31 bits per heavy atom. The van der Waals surface area contributed by atoms with Crippen molar-refractivity contribution in [2.75, 3.05) is 11.9 Å². The van der Waals surface area contributed by atoms with Gasteiger partial charge in [0.25, 0.3) is 0 Å². The predicted octanol–water partition coefficient (Wildman–Crippen LogP) is 3.04. The first-order valence-corrected chi connectivity index (χ1v) is 5.18. The van der Waals surface area contributed by atoms with Crippen molar-refractivity contribution in [1.82, 2.24) is 4.37 Å². The maximum atomic E-state index is 4.38. The Morgan fingerprint density at radius 3 is 3.08 bits per heavy atom. The average molecular weight is 192 g/mol. The van der Waals surface area contributed by atoms with Crippen LogP contribution in [0.1, 0.15) is 12.5 Å². The van der Waals surface area contributed by atoms with Gasteiger partial charge in [-0.1, -0.05) is 6.07 Å². The van der Waals surface area contributed by atoms with Crippen LogP contribution in [0.3, 0.4) is 0 Å². The van der Waals surface area contributed by atoms with Gasteiger partial charge in [0.2, 0.25) is 0 Å². The molecule has 0 aliphatic rings. The Balaban J connectivity index is 2.55. The molecule has 0 fully saturated rings. The van der Waals surface area contributed by atoms with Crippen molar-refractivity contribution >= 4 is 27.4 Å². The lowest BCUT2D eigenvalue weighted by molar-refractivity contribution is 1.23. The first-order valence-electron chi connectivity index (χ1n) is 4.41. The SMILES string of the molecule is CCNc1snc2cc(C)ccc12. The van der Waals surface area contributed by atoms with Gasteiger partial charge in [-0.25, -0.2) is 0 Å². The summed E-state index contributed by atoms with van der Waals surface area (Å²) in [6.45, 7) is 5.14. The van der Waals surface area contributed by atoms with Crippen LogP contribution in [-0.2, 0) is 0 Å². The number of fused-ring (bicyclic) bond motifs is 1. The second-order valence-corrected chi connectivity index (χ2v) is 3.84. The largest absolute Gasteiger partial charge is 0.375 e. The second-order valence-electron chi connectivity index (χ2n) is 3.06. The molecule has 0 amide bonds. The molecule has 0 saturated carbocycles. The Bertz CT molecular complexity index is 420. The van der Waals surface area contributed by atoms with Crippen molar-refractivity contribution in [2.45, 2.75) is 13.8 Å². The van der Waals surface area contributed by atoms with Gasteiger partial charge in [-0.05, 0) is 43.1 Å². The highest BCUT2D eigenvalue weighted by Crippen LogP contribution is 2.27. The molecule has 0 radical (unpaired) electrons. The van der Waals surface area contributed by atoms with Crippen LogP contribution in [0.25, 0.3) is 10.9 Å². The van der Waals surface area contributed by atoms with Crippen LogP contribution in [0.5, 0.6) is 0 Å². The summed E-state index contributed by atoms with van der Waals surface area (Å²) in [4.78, 5) is 0. The fourth-order valence-electron chi connectivity index (χ4n) is 1.34. The summed E-state index contributed by atoms with van der Waals surface area (Å²) in [5.41, 5.74) is 2.36. The number of rotatable bonds is 2. The standard InChI is InChI=1S/C10H12N2S/c1-3-11-10-8-5-4-7(2)6-9(8)12-13-10/h4-6,11H,3H2,1-2H3. The van der Waals surface area contributed by atoms with Gasteiger partial charge in [0, 0.05) is 11.9 Å². The van der Waals surface area contributed by atoms with E-state index in [4.69, 9.17) is 0 Å². The van der Waals surface area contributed by atoms with Crippen LogP contribution >= 0.6 is 11.5 Å². The van der Waals surface area contributed by atoms with E-state index in [-0.39, 0.29) is 0 Å². The molecular formula is C10H12N2S. The quantitative estimate of drug-likeness (QED) is 0.791. The molecule has 1 heterocycles. The van der Waals surface area contributed by atoms with Gasteiger partial charge in [-0.2, -0.15) is 4.37 Å². The summed E-state index contributed by atoms with van der Waals surface area (Å²) >= 11 is 1.53. The number of nitrogens with zero attached hydrogens (tertiary/aromatic N) is 1. The molecule has 0 saturated heterocycles. The van der Waals surface area contributed by atoms with Crippen molar-refractivity contribution in [3.8, 4) is 0 Å². The lowest BCUT2D eigenvalue weighted by Gasteiger charge is -1.98. The zero-order chi connectivity index (χ0) is 9.26. The van der Waals surface area contributed by atoms with Gasteiger partial charge < -0.3 is 5.32 Å². The first-order chi connectivity index (χ1) is 6.31. The summed E-state index contributed by atoms with van der Waals surface area (Å²) in [7, 11) is 0. The molecule has 0 unspecified atom stereocenters. The molecule has 1 aromatic heterocycles. The fraction of sp³-hybridized carbons (Fsp3) is 0.300. The lowest BCUT2D eigenvalue weighted by atomic mass is 10.2. The molecule has 0 atom stereocenters. The third kappa shape index (κ3) is 1.52. The monoisotopic (exact) mass is 192 g/mol. The molecule has 68 valence electrons. The van der Waals surface area contributed by atoms with Gasteiger partial charge in [0.15, 0.2) is 0 Å². The van der Waals surface area contributed by atoms with Crippen molar-refractivity contribution in [3.63, 3.8) is 0 Å². The summed E-state index contributed by atoms with van der Waals surface area (Å²) in [6.07, 6.45) is 0. The van der Waals surface area contributed by atoms with Gasteiger partial charge in [0.1, 0.15) is 5.00 Å². The van der Waals surface area contributed by atoms with E-state index in [1.807, 2.05) is 0 Å². The Hall–Kier alpha value is -1.09. The topological polar surface area (TPSA) is 24.9 Å². The summed E-state index contributed by atoms with van der Waals surface area (Å²) in [6, 6.07) is 6.37. The van der Waals surface area contributed by atoms with E-state index in [0.29, 0.717) is 0 Å². The zero-order valence-corrected chi connectivity index (χ0v) is 8.61. The van der Waals surface area contributed by atoms with Crippen molar-refractivity contribution < 1.29 is 0 Å². The molecule has 1 aromatic carbocycles. The number of anilines is 1. The van der Waals surface area contributed by atoms with Gasteiger partial charge in [-0.15, -0.1) is 0 Å². The normalized spacial score (nSPS) is 10.6. The molecule has 2 nitrogen and oxygen atoms in total. The predicted molar refractivity (Wildman–Crippen MR) is 58.5 cm³/mol. The van der Waals surface area contributed by atoms with Crippen LogP contribution in [-0.4, -0.2) is 10.9 Å². The molecule has 3 heteroatoms. The van der Waals surface area contributed by atoms with Gasteiger partial charge >= 0.3 is 0 Å². The maximum absolute atomic E-state index is 4.38. The second kappa shape index (κ2) is 3.34. The minimum atomic E-state index is 0.950. The third-order valence-corrected chi connectivity index (χ3v) is 2.81. The Kier molecular flexibility index (Phi) is 2.19. The molecular weight excluding hydrogens is 180 g/mol. The summed E-state index contributed by atoms with van der Waals surface area (Å²) in [5, 5.41) is 5.72. The van der Waals surface area contributed by atoms with E-state index >= 15 is 0 Å². The van der Waals surface area contributed by atoms with Crippen molar-refractivity contribution in [3.05, 3.63) is 23.8 Å². The van der Waals surface area contributed by atoms with Gasteiger partial charge in [0.05, 0.1) is 5.52 Å². The molecule has 0 spiro atoms. The summed E-state index contributed by atoms with van der Waals surface area (Å²) < 4.78 is 4.38. The van der Waals surface area contributed by atoms with Crippen molar-refractivity contribution in [2.24, 2.45) is 0 Å². The highest BCUT2D eigenvalue weighted by Gasteiger charge is 2.03. The number of aromatic nitrogens is 1. The fourth-order valence-corrected chi connectivity index (χ4v) is 2.16. The highest BCUT2D eigenvalue weighted by atomic mass is 32.1. The van der Waals surface area contributed by atoms with E-state index in [1.54, 1.807) is 0 Å². The third-order valence-electron chi connectivity index (χ3n) is 1.97. The van der Waals surface area contributed by atoms with E-state index in [2.05, 4.69) is 41.7 Å². The van der Waals surface area contributed by atoms with Gasteiger partial charge in [-0.3, -0.25) is 0 Å². The van der Waals surface area contributed by atoms with E-state index in [9.17, 15) is 0 Å². The molecule has 0 bridgehead atoms. The molecule has 0 aliphatic carbocycles. The minimum absolute atomic E-state index is 0.950. The number of benzene rings is 1. The molecule has 2 rings (SSSR count). The van der Waals surface area contributed by atoms with Crippen LogP contribution in [0.2, 0.25) is 0 Å². The minimum Gasteiger partial charge on any atom is -0.375 e. The highest BCUT2D eigenvalue weighted by molar-refractivity contribution is 7.11. The van der Waals surface area contributed by atoms with Crippen LogP contribution in [0, 0.1) is 6.92 Å². The van der Waals surface area contributed by atoms with E-state index < -0.39 is 0 Å². The maximum Gasteiger partial charge on any atom is 0.117 e. The number of hydrogen-bond acceptors (Lipinski definition) is 3. The smallest absolute Gasteiger partial charge is 0.117 e. The van der Waals surface area contributed by atoms with E-state index in [0.717, 1.165) is 12.1 Å². The lowest BCUT2D eigenvalue weighted by Crippen LogP contribution is -1.93. The molecule has 0 aliphatic heterocycles. The molecule has 13 heavy (non-hydrogen) atoms.